The molecule has 188 valence electrons. The van der Waals surface area contributed by atoms with Crippen LogP contribution in [0.5, 0.6) is 0 Å². The molecule has 0 unspecified atom stereocenters. The van der Waals surface area contributed by atoms with Crippen LogP contribution in [0.25, 0.3) is 11.3 Å². The van der Waals surface area contributed by atoms with Crippen LogP contribution in [-0.4, -0.2) is 22.5 Å². The molecule has 0 aliphatic carbocycles. The summed E-state index contributed by atoms with van der Waals surface area (Å²) >= 11 is 1.53. The summed E-state index contributed by atoms with van der Waals surface area (Å²) in [5.74, 6) is -0.616. The molecule has 6 nitrogen and oxygen atoms in total. The van der Waals surface area contributed by atoms with Crippen LogP contribution in [0.15, 0.2) is 120 Å². The largest absolute Gasteiger partial charge is 0.268 e. The van der Waals surface area contributed by atoms with Gasteiger partial charge in [0.2, 0.25) is 5.13 Å². The number of benzene rings is 4. The van der Waals surface area contributed by atoms with Gasteiger partial charge in [-0.25, -0.2) is 14.9 Å². The van der Waals surface area contributed by atoms with Crippen molar-refractivity contribution in [3.05, 3.63) is 137 Å². The van der Waals surface area contributed by atoms with Crippen LogP contribution in [0.3, 0.4) is 0 Å². The van der Waals surface area contributed by atoms with Gasteiger partial charge < -0.3 is 0 Å². The Bertz CT molecular complexity index is 1710. The molecule has 0 saturated carbocycles. The Hall–Kier alpha value is -4.88. The lowest BCUT2D eigenvalue weighted by Crippen LogP contribution is -2.29. The molecule has 0 fully saturated rings. The number of thiazole rings is 1. The Kier molecular flexibility index (Phi) is 5.64. The van der Waals surface area contributed by atoms with E-state index in [-0.39, 0.29) is 17.9 Å². The second-order valence-corrected chi connectivity index (χ2v) is 10.3. The highest BCUT2D eigenvalue weighted by atomic mass is 32.1. The molecular formula is C32H22N4O2S. The third kappa shape index (κ3) is 4.04. The number of carbonyl (C=O) groups excluding carboxylic acids is 2. The normalized spacial score (nSPS) is 16.5. The van der Waals surface area contributed by atoms with E-state index in [1.165, 1.54) is 21.8 Å². The second kappa shape index (κ2) is 9.45. The zero-order valence-electron chi connectivity index (χ0n) is 20.8. The van der Waals surface area contributed by atoms with Gasteiger partial charge in [-0.1, -0.05) is 84.9 Å². The maximum Gasteiger partial charge on any atom is 0.266 e. The van der Waals surface area contributed by atoms with E-state index in [0.29, 0.717) is 16.8 Å². The number of carbonyl (C=O) groups is 2. The molecule has 0 N–H and O–H groups in total. The van der Waals surface area contributed by atoms with Crippen molar-refractivity contribution in [1.29, 1.82) is 0 Å². The minimum atomic E-state index is -0.308. The van der Waals surface area contributed by atoms with E-state index in [9.17, 15) is 9.59 Å². The summed E-state index contributed by atoms with van der Waals surface area (Å²) in [7, 11) is 0. The lowest BCUT2D eigenvalue weighted by molar-refractivity contribution is 0.0926. The molecule has 39 heavy (non-hydrogen) atoms. The molecule has 7 rings (SSSR count). The first kappa shape index (κ1) is 23.3. The Morgan fingerprint density at radius 1 is 0.718 bits per heavy atom. The van der Waals surface area contributed by atoms with Crippen LogP contribution in [0.2, 0.25) is 0 Å². The van der Waals surface area contributed by atoms with E-state index in [0.717, 1.165) is 34.1 Å². The summed E-state index contributed by atoms with van der Waals surface area (Å²) in [4.78, 5) is 32.2. The van der Waals surface area contributed by atoms with Gasteiger partial charge in [0.05, 0.1) is 34.3 Å². The first-order valence-electron chi connectivity index (χ1n) is 12.7. The lowest BCUT2D eigenvalue weighted by Gasteiger charge is -2.21. The van der Waals surface area contributed by atoms with E-state index >= 15 is 0 Å². The van der Waals surface area contributed by atoms with Crippen molar-refractivity contribution in [3.8, 4) is 11.3 Å². The summed E-state index contributed by atoms with van der Waals surface area (Å²) < 4.78 is 0. The van der Waals surface area contributed by atoms with Gasteiger partial charge in [0.1, 0.15) is 0 Å². The van der Waals surface area contributed by atoms with E-state index in [1.807, 2.05) is 65.0 Å². The minimum Gasteiger partial charge on any atom is -0.268 e. The van der Waals surface area contributed by atoms with Gasteiger partial charge in [0.15, 0.2) is 0 Å². The molecule has 4 aromatic carbocycles. The zero-order chi connectivity index (χ0) is 26.3. The van der Waals surface area contributed by atoms with Crippen molar-refractivity contribution in [3.63, 3.8) is 0 Å². The average Bonchev–Trinajstić information content (AvgIpc) is 3.71. The fourth-order valence-electron chi connectivity index (χ4n) is 5.16. The first-order valence-corrected chi connectivity index (χ1v) is 13.6. The van der Waals surface area contributed by atoms with Crippen molar-refractivity contribution >= 4 is 39.7 Å². The van der Waals surface area contributed by atoms with E-state index < -0.39 is 0 Å². The number of amides is 2. The SMILES string of the molecule is O=C1c2ccccc2C(=O)N1c1cccc(-c2csc(N3N=C(c4ccccc4)C[C@H]3c3ccccc3)n2)c1. The molecule has 2 aliphatic heterocycles. The Labute approximate surface area is 229 Å². The summed E-state index contributed by atoms with van der Waals surface area (Å²) in [6.07, 6.45) is 0.776. The van der Waals surface area contributed by atoms with Crippen molar-refractivity contribution in [2.24, 2.45) is 5.10 Å². The fourth-order valence-corrected chi connectivity index (χ4v) is 5.99. The predicted molar refractivity (Wildman–Crippen MR) is 154 cm³/mol. The van der Waals surface area contributed by atoms with Crippen LogP contribution in [0, 0.1) is 0 Å². The van der Waals surface area contributed by atoms with Crippen LogP contribution in [0.4, 0.5) is 10.8 Å². The van der Waals surface area contributed by atoms with Gasteiger partial charge in [-0.15, -0.1) is 11.3 Å². The van der Waals surface area contributed by atoms with Crippen LogP contribution in [0.1, 0.15) is 44.3 Å². The standard InChI is InChI=1S/C32H22N4O2S/c37-30-25-16-7-8-17-26(25)31(38)35(30)24-15-9-14-23(18-24)28-20-39-32(33-28)36-29(22-12-5-2-6-13-22)19-27(34-36)21-10-3-1-4-11-21/h1-18,20,29H,19H2/t29-/m0/s1. The number of aromatic nitrogens is 1. The molecule has 7 heteroatoms. The minimum absolute atomic E-state index is 0.0325. The van der Waals surface area contributed by atoms with Crippen molar-refractivity contribution in [2.45, 2.75) is 12.5 Å². The Morgan fingerprint density at radius 2 is 1.36 bits per heavy atom. The van der Waals surface area contributed by atoms with Gasteiger partial charge in [-0.05, 0) is 35.4 Å². The molecule has 0 saturated heterocycles. The number of hydrazone groups is 1. The van der Waals surface area contributed by atoms with E-state index in [2.05, 4.69) is 24.3 Å². The molecule has 0 bridgehead atoms. The third-order valence-corrected chi connectivity index (χ3v) is 7.91. The van der Waals surface area contributed by atoms with Gasteiger partial charge in [0.25, 0.3) is 11.8 Å². The zero-order valence-corrected chi connectivity index (χ0v) is 21.6. The molecule has 2 amide bonds. The molecule has 0 spiro atoms. The third-order valence-electron chi connectivity index (χ3n) is 7.08. The van der Waals surface area contributed by atoms with Crippen LogP contribution >= 0.6 is 11.3 Å². The molecule has 0 radical (unpaired) electrons. The predicted octanol–water partition coefficient (Wildman–Crippen LogP) is 6.97. The van der Waals surface area contributed by atoms with Gasteiger partial charge in [-0.3, -0.25) is 9.59 Å². The van der Waals surface area contributed by atoms with Gasteiger partial charge >= 0.3 is 0 Å². The highest BCUT2D eigenvalue weighted by Crippen LogP contribution is 2.40. The highest BCUT2D eigenvalue weighted by molar-refractivity contribution is 7.14. The monoisotopic (exact) mass is 526 g/mol. The number of imide groups is 1. The molecule has 1 atom stereocenters. The number of hydrogen-bond donors (Lipinski definition) is 0. The maximum absolute atomic E-state index is 13.0. The average molecular weight is 527 g/mol. The van der Waals surface area contributed by atoms with Gasteiger partial charge in [0, 0.05) is 17.4 Å². The number of nitrogens with zero attached hydrogens (tertiary/aromatic N) is 4. The maximum atomic E-state index is 13.0. The molecular weight excluding hydrogens is 504 g/mol. The fraction of sp³-hybridized carbons (Fsp3) is 0.0625. The Morgan fingerprint density at radius 3 is 2.08 bits per heavy atom. The van der Waals surface area contributed by atoms with Crippen molar-refractivity contribution in [1.82, 2.24) is 4.98 Å². The summed E-state index contributed by atoms with van der Waals surface area (Å²) in [6.45, 7) is 0. The molecule has 3 heterocycles. The van der Waals surface area contributed by atoms with E-state index in [4.69, 9.17) is 10.1 Å². The Balaban J connectivity index is 1.22. The highest BCUT2D eigenvalue weighted by Gasteiger charge is 2.36. The van der Waals surface area contributed by atoms with Gasteiger partial charge in [-0.2, -0.15) is 5.10 Å². The number of hydrogen-bond acceptors (Lipinski definition) is 6. The smallest absolute Gasteiger partial charge is 0.266 e. The van der Waals surface area contributed by atoms with E-state index in [1.54, 1.807) is 30.3 Å². The first-order chi connectivity index (χ1) is 19.2. The second-order valence-electron chi connectivity index (χ2n) is 9.44. The number of fused-ring (bicyclic) bond motifs is 1. The molecule has 1 aromatic heterocycles. The lowest BCUT2D eigenvalue weighted by atomic mass is 9.99. The quantitative estimate of drug-likeness (QED) is 0.232. The number of rotatable bonds is 5. The van der Waals surface area contributed by atoms with Crippen molar-refractivity contribution in [2.75, 3.05) is 9.91 Å². The topological polar surface area (TPSA) is 65.9 Å². The van der Waals surface area contributed by atoms with Crippen molar-refractivity contribution < 1.29 is 9.59 Å². The summed E-state index contributed by atoms with van der Waals surface area (Å²) in [5.41, 5.74) is 6.28. The summed E-state index contributed by atoms with van der Waals surface area (Å²) in [6, 6.07) is 35.0. The summed E-state index contributed by atoms with van der Waals surface area (Å²) in [5, 5.41) is 9.81. The molecule has 5 aromatic rings. The number of anilines is 2. The van der Waals surface area contributed by atoms with Crippen LogP contribution in [-0.2, 0) is 0 Å². The van der Waals surface area contributed by atoms with Crippen LogP contribution < -0.4 is 9.91 Å². The molecule has 2 aliphatic rings.